The van der Waals surface area contributed by atoms with Crippen molar-refractivity contribution < 1.29 is 40.6 Å². The van der Waals surface area contributed by atoms with Crippen LogP contribution in [0.3, 0.4) is 0 Å². The minimum absolute atomic E-state index is 0.0551. The van der Waals surface area contributed by atoms with Crippen molar-refractivity contribution in [3.63, 3.8) is 0 Å². The molecule has 0 fully saturated rings. The highest BCUT2D eigenvalue weighted by Gasteiger charge is 2.43. The van der Waals surface area contributed by atoms with E-state index in [1.807, 2.05) is 0 Å². The van der Waals surface area contributed by atoms with Crippen molar-refractivity contribution in [3.8, 4) is 5.69 Å². The van der Waals surface area contributed by atoms with Crippen molar-refractivity contribution in [3.05, 3.63) is 40.6 Å². The fraction of sp³-hybridized carbons (Fsp3) is 0.0909. The van der Waals surface area contributed by atoms with Crippen LogP contribution in [-0.2, 0) is 6.18 Å². The number of halogens is 7. The first-order valence-electron chi connectivity index (χ1n) is 5.48. The molecule has 1 aromatic heterocycles. The van der Waals surface area contributed by atoms with Gasteiger partial charge in [-0.05, 0) is 0 Å². The average Bonchev–Trinajstić information content (AvgIpc) is 2.78. The molecule has 3 N–H and O–H groups in total. The van der Waals surface area contributed by atoms with Crippen LogP contribution in [0, 0.1) is 23.3 Å². The van der Waals surface area contributed by atoms with Gasteiger partial charge in [-0.3, -0.25) is 0 Å². The summed E-state index contributed by atoms with van der Waals surface area (Å²) < 4.78 is 91.8. The van der Waals surface area contributed by atoms with Crippen LogP contribution < -0.4 is 5.73 Å². The number of nitrogens with two attached hydrogens (primary N) is 1. The van der Waals surface area contributed by atoms with Gasteiger partial charge >= 0.3 is 12.1 Å². The zero-order valence-corrected chi connectivity index (χ0v) is 10.6. The fourth-order valence-corrected chi connectivity index (χ4v) is 1.76. The summed E-state index contributed by atoms with van der Waals surface area (Å²) in [7, 11) is 0. The van der Waals surface area contributed by atoms with E-state index in [0.717, 1.165) is 0 Å². The molecule has 0 aliphatic carbocycles. The summed E-state index contributed by atoms with van der Waals surface area (Å²) >= 11 is 0. The van der Waals surface area contributed by atoms with Gasteiger partial charge in [0.2, 0.25) is 0 Å². The number of carboxylic acids is 1. The molecule has 1 heterocycles. The van der Waals surface area contributed by atoms with Crippen molar-refractivity contribution in [2.75, 3.05) is 5.73 Å². The lowest BCUT2D eigenvalue weighted by molar-refractivity contribution is -0.143. The molecule has 0 saturated heterocycles. The third kappa shape index (κ3) is 2.45. The standard InChI is InChI=1S/C11H4F7N3O2/c12-4-3(11(16,17)18)5(13)7(15)8(6(4)14)21-9(19)2(1-20-21)10(22)23/h1H,19H2,(H,22,23). The van der Waals surface area contributed by atoms with Gasteiger partial charge in [-0.15, -0.1) is 0 Å². The van der Waals surface area contributed by atoms with Gasteiger partial charge in [0.15, 0.2) is 23.3 Å². The number of nitrogens with zero attached hydrogens (tertiary/aromatic N) is 2. The van der Waals surface area contributed by atoms with Crippen LogP contribution in [0.1, 0.15) is 15.9 Å². The summed E-state index contributed by atoms with van der Waals surface area (Å²) in [6, 6.07) is 0. The van der Waals surface area contributed by atoms with Gasteiger partial charge in [0, 0.05) is 0 Å². The molecule has 2 aromatic rings. The van der Waals surface area contributed by atoms with Crippen molar-refractivity contribution in [1.82, 2.24) is 9.78 Å². The molecule has 2 rings (SSSR count). The van der Waals surface area contributed by atoms with Crippen LogP contribution in [0.5, 0.6) is 0 Å². The number of anilines is 1. The highest BCUT2D eigenvalue weighted by molar-refractivity contribution is 5.92. The summed E-state index contributed by atoms with van der Waals surface area (Å²) in [6.07, 6.45) is -5.19. The molecule has 0 bridgehead atoms. The summed E-state index contributed by atoms with van der Waals surface area (Å²) in [5.74, 6) is -12.9. The minimum Gasteiger partial charge on any atom is -0.477 e. The number of carboxylic acid groups (broad SMARTS) is 1. The van der Waals surface area contributed by atoms with E-state index in [1.165, 1.54) is 0 Å². The summed E-state index contributed by atoms with van der Waals surface area (Å²) in [5, 5.41) is 11.8. The number of nitrogen functional groups attached to an aromatic ring is 1. The molecule has 124 valence electrons. The number of carbonyl (C=O) groups is 1. The molecule has 0 saturated carbocycles. The Balaban J connectivity index is 2.84. The van der Waals surface area contributed by atoms with Crippen LogP contribution in [0.25, 0.3) is 5.69 Å². The van der Waals surface area contributed by atoms with Gasteiger partial charge in [-0.1, -0.05) is 0 Å². The van der Waals surface area contributed by atoms with E-state index in [9.17, 15) is 35.5 Å². The molecular weight excluding hydrogens is 339 g/mol. The maximum Gasteiger partial charge on any atom is 0.422 e. The van der Waals surface area contributed by atoms with E-state index in [-0.39, 0.29) is 4.68 Å². The second-order valence-corrected chi connectivity index (χ2v) is 4.14. The molecule has 0 atom stereocenters. The monoisotopic (exact) mass is 343 g/mol. The molecule has 0 radical (unpaired) electrons. The second-order valence-electron chi connectivity index (χ2n) is 4.14. The SMILES string of the molecule is Nc1c(C(=O)O)cnn1-c1c(F)c(F)c(C(F)(F)F)c(F)c1F. The average molecular weight is 343 g/mol. The van der Waals surface area contributed by atoms with E-state index in [0.29, 0.717) is 6.20 Å². The predicted molar refractivity (Wildman–Crippen MR) is 59.8 cm³/mol. The topological polar surface area (TPSA) is 81.1 Å². The highest BCUT2D eigenvalue weighted by atomic mass is 19.4. The lowest BCUT2D eigenvalue weighted by Gasteiger charge is -2.14. The van der Waals surface area contributed by atoms with Crippen LogP contribution in [-0.4, -0.2) is 20.9 Å². The van der Waals surface area contributed by atoms with Gasteiger partial charge in [0.05, 0.1) is 6.20 Å². The normalized spacial score (nSPS) is 11.8. The Morgan fingerprint density at radius 3 is 1.91 bits per heavy atom. The van der Waals surface area contributed by atoms with Gasteiger partial charge in [0.1, 0.15) is 22.6 Å². The first kappa shape index (κ1) is 16.6. The summed E-state index contributed by atoms with van der Waals surface area (Å²) in [4.78, 5) is 10.7. The lowest BCUT2D eigenvalue weighted by Crippen LogP contribution is -2.19. The second kappa shape index (κ2) is 5.14. The maximum atomic E-state index is 13.8. The Morgan fingerprint density at radius 1 is 1.09 bits per heavy atom. The smallest absolute Gasteiger partial charge is 0.422 e. The van der Waals surface area contributed by atoms with Crippen LogP contribution in [0.4, 0.5) is 36.6 Å². The van der Waals surface area contributed by atoms with Gasteiger partial charge in [-0.25, -0.2) is 27.0 Å². The Bertz CT molecular complexity index is 784. The molecular formula is C11H4F7N3O2. The number of aromatic nitrogens is 2. The van der Waals surface area contributed by atoms with E-state index < -0.39 is 58.0 Å². The Morgan fingerprint density at radius 2 is 1.57 bits per heavy atom. The van der Waals surface area contributed by atoms with Crippen LogP contribution in [0.2, 0.25) is 0 Å². The predicted octanol–water partition coefficient (Wildman–Crippen LogP) is 2.73. The van der Waals surface area contributed by atoms with Crippen LogP contribution in [0.15, 0.2) is 6.20 Å². The van der Waals surface area contributed by atoms with Gasteiger partial charge < -0.3 is 10.8 Å². The quantitative estimate of drug-likeness (QED) is 0.649. The van der Waals surface area contributed by atoms with Crippen molar-refractivity contribution >= 4 is 11.8 Å². The van der Waals surface area contributed by atoms with Crippen molar-refractivity contribution in [2.24, 2.45) is 0 Å². The number of rotatable bonds is 2. The number of aromatic carboxylic acids is 1. The fourth-order valence-electron chi connectivity index (χ4n) is 1.76. The van der Waals surface area contributed by atoms with Crippen molar-refractivity contribution in [2.45, 2.75) is 6.18 Å². The zero-order valence-electron chi connectivity index (χ0n) is 10.6. The molecule has 12 heteroatoms. The van der Waals surface area contributed by atoms with Gasteiger partial charge in [0.25, 0.3) is 0 Å². The molecule has 0 unspecified atom stereocenters. The molecule has 0 aliphatic heterocycles. The van der Waals surface area contributed by atoms with E-state index >= 15 is 0 Å². The first-order valence-corrected chi connectivity index (χ1v) is 5.48. The first-order chi connectivity index (χ1) is 10.5. The molecule has 0 aliphatic rings. The Kier molecular flexibility index (Phi) is 3.70. The minimum atomic E-state index is -5.70. The highest BCUT2D eigenvalue weighted by Crippen LogP contribution is 2.38. The Labute approximate surface area is 121 Å². The lowest BCUT2D eigenvalue weighted by atomic mass is 10.1. The number of hydrogen-bond acceptors (Lipinski definition) is 3. The third-order valence-corrected chi connectivity index (χ3v) is 2.77. The molecule has 23 heavy (non-hydrogen) atoms. The zero-order chi connectivity index (χ0) is 17.7. The molecule has 1 aromatic carbocycles. The maximum absolute atomic E-state index is 13.8. The number of benzene rings is 1. The van der Waals surface area contributed by atoms with Crippen molar-refractivity contribution in [1.29, 1.82) is 0 Å². The van der Waals surface area contributed by atoms with Gasteiger partial charge in [-0.2, -0.15) is 18.3 Å². The largest absolute Gasteiger partial charge is 0.477 e. The summed E-state index contributed by atoms with van der Waals surface area (Å²) in [5.41, 5.74) is -0.0300. The molecule has 0 amide bonds. The number of hydrogen-bond donors (Lipinski definition) is 2. The Hall–Kier alpha value is -2.79. The number of alkyl halides is 3. The third-order valence-electron chi connectivity index (χ3n) is 2.77. The van der Waals surface area contributed by atoms with Crippen LogP contribution >= 0.6 is 0 Å². The van der Waals surface area contributed by atoms with E-state index in [2.05, 4.69) is 5.10 Å². The summed E-state index contributed by atoms with van der Waals surface area (Å²) in [6.45, 7) is 0. The molecule has 5 nitrogen and oxygen atoms in total. The van der Waals surface area contributed by atoms with E-state index in [4.69, 9.17) is 10.8 Å². The van der Waals surface area contributed by atoms with E-state index in [1.54, 1.807) is 0 Å². The molecule has 0 spiro atoms.